The molecule has 1 aromatic heterocycles. The largest absolute Gasteiger partial charge is 0.493 e. The van der Waals surface area contributed by atoms with Crippen molar-refractivity contribution in [3.05, 3.63) is 65.6 Å². The number of nitrogens with zero attached hydrogens (tertiary/aromatic N) is 2. The Bertz CT molecular complexity index is 1350. The number of methoxy groups -OCH3 is 1. The molecule has 0 amide bonds. The molecule has 1 atom stereocenters. The Kier molecular flexibility index (Phi) is 10.8. The Morgan fingerprint density at radius 1 is 1.10 bits per heavy atom. The Hall–Kier alpha value is -4.25. The summed E-state index contributed by atoms with van der Waals surface area (Å²) in [4.78, 5) is 33.1. The highest BCUT2D eigenvalue weighted by Crippen LogP contribution is 2.33. The number of benzene rings is 2. The molecule has 214 valence electrons. The van der Waals surface area contributed by atoms with Crippen LogP contribution < -0.4 is 9.47 Å². The number of aliphatic carboxylic acids is 2. The molecular formula is C29H33FN2O8. The van der Waals surface area contributed by atoms with E-state index in [1.54, 1.807) is 31.4 Å². The van der Waals surface area contributed by atoms with Crippen molar-refractivity contribution in [3.8, 4) is 11.5 Å². The van der Waals surface area contributed by atoms with Gasteiger partial charge in [0.25, 0.3) is 0 Å². The van der Waals surface area contributed by atoms with Gasteiger partial charge in [-0.15, -0.1) is 0 Å². The molecule has 1 aliphatic rings. The van der Waals surface area contributed by atoms with Gasteiger partial charge >= 0.3 is 11.9 Å². The lowest BCUT2D eigenvalue weighted by atomic mass is 9.91. The molecule has 1 saturated heterocycles. The van der Waals surface area contributed by atoms with Gasteiger partial charge in [-0.05, 0) is 63.2 Å². The minimum absolute atomic E-state index is 0.00241. The number of carbonyl (C=O) groups excluding carboxylic acids is 1. The van der Waals surface area contributed by atoms with Crippen LogP contribution >= 0.6 is 0 Å². The van der Waals surface area contributed by atoms with E-state index in [1.165, 1.54) is 19.1 Å². The van der Waals surface area contributed by atoms with Crippen molar-refractivity contribution in [2.45, 2.75) is 32.6 Å². The van der Waals surface area contributed by atoms with Gasteiger partial charge in [0.1, 0.15) is 5.82 Å². The molecule has 0 bridgehead atoms. The lowest BCUT2D eigenvalue weighted by Crippen LogP contribution is -2.37. The van der Waals surface area contributed by atoms with E-state index in [9.17, 15) is 18.8 Å². The predicted molar refractivity (Wildman–Crippen MR) is 144 cm³/mol. The average Bonchev–Trinajstić information content (AvgIpc) is 3.34. The Labute approximate surface area is 231 Å². The highest BCUT2D eigenvalue weighted by atomic mass is 19.1. The maximum absolute atomic E-state index is 13.4. The number of ether oxygens (including phenoxy) is 2. The average molecular weight is 557 g/mol. The van der Waals surface area contributed by atoms with Crippen molar-refractivity contribution >= 4 is 28.7 Å². The van der Waals surface area contributed by atoms with Gasteiger partial charge in [-0.1, -0.05) is 12.1 Å². The standard InChI is InChI=1S/C25H29FN2O4.C4H4O4/c1-16(15-31-22-7-4-19(17(2)29)12-24(22)30-3)14-28-10-8-18(9-11-28)25-21-6-5-20(26)13-23(21)32-27-25;5-3(6)1-2-4(7)8/h4-7,12-13,16,18H,8-11,14-15H2,1-3H3;1-2H,(H,5,6)(H,7,8)/b;2-1+/t16-;/m1./s1. The van der Waals surface area contributed by atoms with Crippen LogP contribution in [0.25, 0.3) is 11.0 Å². The molecule has 11 heteroatoms. The van der Waals surface area contributed by atoms with E-state index in [-0.39, 0.29) is 11.6 Å². The molecule has 0 saturated carbocycles. The number of aromatic nitrogens is 1. The lowest BCUT2D eigenvalue weighted by molar-refractivity contribution is -0.134. The summed E-state index contributed by atoms with van der Waals surface area (Å²) in [5.41, 5.74) is 2.06. The molecule has 1 fully saturated rings. The van der Waals surface area contributed by atoms with Crippen molar-refractivity contribution in [1.29, 1.82) is 0 Å². The SMILES string of the molecule is COc1cc(C(C)=O)ccc1OC[C@H](C)CN1CCC(c2noc3cc(F)ccc23)CC1.O=C(O)/C=C/C(=O)O. The minimum Gasteiger partial charge on any atom is -0.493 e. The topological polar surface area (TPSA) is 139 Å². The van der Waals surface area contributed by atoms with Gasteiger partial charge in [0, 0.05) is 47.5 Å². The van der Waals surface area contributed by atoms with Crippen molar-refractivity contribution in [2.24, 2.45) is 5.92 Å². The van der Waals surface area contributed by atoms with Crippen LogP contribution in [-0.2, 0) is 9.59 Å². The molecule has 0 aliphatic carbocycles. The summed E-state index contributed by atoms with van der Waals surface area (Å²) in [5, 5.41) is 20.8. The van der Waals surface area contributed by atoms with Gasteiger partial charge in [0.05, 0.1) is 19.4 Å². The predicted octanol–water partition coefficient (Wildman–Crippen LogP) is 4.78. The monoisotopic (exact) mass is 556 g/mol. The number of carbonyl (C=O) groups is 3. The smallest absolute Gasteiger partial charge is 0.328 e. The van der Waals surface area contributed by atoms with Crippen LogP contribution in [0.1, 0.15) is 48.7 Å². The fourth-order valence-corrected chi connectivity index (χ4v) is 4.49. The van der Waals surface area contributed by atoms with Crippen molar-refractivity contribution < 1.29 is 43.0 Å². The first kappa shape index (κ1) is 30.3. The van der Waals surface area contributed by atoms with Crippen LogP contribution in [0.2, 0.25) is 0 Å². The third-order valence-electron chi connectivity index (χ3n) is 6.47. The van der Waals surface area contributed by atoms with E-state index in [0.29, 0.717) is 53.2 Å². The Morgan fingerprint density at radius 3 is 2.38 bits per heavy atom. The molecule has 1 aliphatic heterocycles. The molecule has 0 radical (unpaired) electrons. The van der Waals surface area contributed by atoms with Crippen LogP contribution in [0.3, 0.4) is 0 Å². The fraction of sp³-hybridized carbons (Fsp3) is 0.379. The summed E-state index contributed by atoms with van der Waals surface area (Å²) in [6.07, 6.45) is 3.10. The van der Waals surface area contributed by atoms with E-state index in [4.69, 9.17) is 24.2 Å². The number of halogens is 1. The van der Waals surface area contributed by atoms with Crippen molar-refractivity contribution in [2.75, 3.05) is 33.4 Å². The van der Waals surface area contributed by atoms with Crippen molar-refractivity contribution in [1.82, 2.24) is 10.1 Å². The molecule has 0 spiro atoms. The summed E-state index contributed by atoms with van der Waals surface area (Å²) < 4.78 is 30.1. The summed E-state index contributed by atoms with van der Waals surface area (Å²) >= 11 is 0. The number of fused-ring (bicyclic) bond motifs is 1. The van der Waals surface area contributed by atoms with Gasteiger partial charge < -0.3 is 29.1 Å². The van der Waals surface area contributed by atoms with Gasteiger partial charge in [0.2, 0.25) is 0 Å². The van der Waals surface area contributed by atoms with Crippen LogP contribution in [0.4, 0.5) is 4.39 Å². The number of carboxylic acids is 2. The number of rotatable bonds is 10. The van der Waals surface area contributed by atoms with Crippen LogP contribution in [-0.4, -0.2) is 71.3 Å². The number of Topliss-reactive ketones (excluding diaryl/α,β-unsaturated/α-hetero) is 1. The second-order valence-corrected chi connectivity index (χ2v) is 9.63. The van der Waals surface area contributed by atoms with E-state index in [0.717, 1.165) is 43.6 Å². The molecule has 4 rings (SSSR count). The van der Waals surface area contributed by atoms with Crippen LogP contribution in [0.15, 0.2) is 53.1 Å². The van der Waals surface area contributed by atoms with Crippen molar-refractivity contribution in [3.63, 3.8) is 0 Å². The van der Waals surface area contributed by atoms with E-state index in [1.807, 2.05) is 0 Å². The maximum Gasteiger partial charge on any atom is 0.328 e. The number of hydrogen-bond donors (Lipinski definition) is 2. The molecule has 0 unspecified atom stereocenters. The summed E-state index contributed by atoms with van der Waals surface area (Å²) in [5.74, 6) is -0.938. The maximum atomic E-state index is 13.4. The highest BCUT2D eigenvalue weighted by Gasteiger charge is 2.26. The van der Waals surface area contributed by atoms with Gasteiger partial charge in [-0.3, -0.25) is 4.79 Å². The van der Waals surface area contributed by atoms with Crippen LogP contribution in [0, 0.1) is 11.7 Å². The number of hydrogen-bond acceptors (Lipinski definition) is 8. The quantitative estimate of drug-likeness (QED) is 0.265. The van der Waals surface area contributed by atoms with Crippen LogP contribution in [0.5, 0.6) is 11.5 Å². The Morgan fingerprint density at radius 2 is 1.77 bits per heavy atom. The zero-order valence-electron chi connectivity index (χ0n) is 22.6. The molecular weight excluding hydrogens is 523 g/mol. The number of carboxylic acid groups (broad SMARTS) is 2. The van der Waals surface area contributed by atoms with Gasteiger partial charge in [0.15, 0.2) is 22.9 Å². The number of ketones is 1. The minimum atomic E-state index is -1.26. The molecule has 2 aromatic carbocycles. The first-order valence-corrected chi connectivity index (χ1v) is 12.8. The lowest BCUT2D eigenvalue weighted by Gasteiger charge is -2.32. The normalized spacial score (nSPS) is 14.9. The second kappa shape index (κ2) is 14.2. The molecule has 2 N–H and O–H groups in total. The second-order valence-electron chi connectivity index (χ2n) is 9.63. The van der Waals surface area contributed by atoms with Gasteiger partial charge in [-0.25, -0.2) is 14.0 Å². The summed E-state index contributed by atoms with van der Waals surface area (Å²) in [6.45, 7) is 7.15. The molecule has 40 heavy (non-hydrogen) atoms. The Balaban J connectivity index is 0.000000482. The third-order valence-corrected chi connectivity index (χ3v) is 6.47. The van der Waals surface area contributed by atoms with E-state index in [2.05, 4.69) is 17.0 Å². The fourth-order valence-electron chi connectivity index (χ4n) is 4.49. The number of likely N-dealkylation sites (tertiary alicyclic amines) is 1. The highest BCUT2D eigenvalue weighted by molar-refractivity contribution is 5.94. The first-order chi connectivity index (χ1) is 19.1. The molecule has 10 nitrogen and oxygen atoms in total. The number of piperidine rings is 1. The molecule has 2 heterocycles. The van der Waals surface area contributed by atoms with E-state index < -0.39 is 11.9 Å². The molecule has 3 aromatic rings. The zero-order chi connectivity index (χ0) is 29.2. The third kappa shape index (κ3) is 8.63. The summed E-state index contributed by atoms with van der Waals surface area (Å²) in [7, 11) is 1.58. The summed E-state index contributed by atoms with van der Waals surface area (Å²) in [6, 6.07) is 9.89. The van der Waals surface area contributed by atoms with E-state index >= 15 is 0 Å². The van der Waals surface area contributed by atoms with Gasteiger partial charge in [-0.2, -0.15) is 0 Å². The first-order valence-electron chi connectivity index (χ1n) is 12.8. The zero-order valence-corrected chi connectivity index (χ0v) is 22.6.